The Labute approximate surface area is 107 Å². The van der Waals surface area contributed by atoms with Crippen molar-refractivity contribution in [3.8, 4) is 0 Å². The molecule has 0 aliphatic rings. The minimum Gasteiger partial charge on any atom is -0.330 e. The predicted octanol–water partition coefficient (Wildman–Crippen LogP) is 1.43. The Bertz CT molecular complexity index is 540. The van der Waals surface area contributed by atoms with Gasteiger partial charge >= 0.3 is 0 Å². The normalized spacial score (nSPS) is 10.3. The van der Waals surface area contributed by atoms with Crippen LogP contribution in [-0.4, -0.2) is 22.4 Å². The summed E-state index contributed by atoms with van der Waals surface area (Å²) in [5, 5.41) is 5.07. The van der Waals surface area contributed by atoms with Gasteiger partial charge in [0, 0.05) is 11.8 Å². The van der Waals surface area contributed by atoms with E-state index in [0.717, 1.165) is 5.01 Å². The van der Waals surface area contributed by atoms with Crippen LogP contribution in [0.4, 0.5) is 10.1 Å². The number of anilines is 1. The number of carbonyl (C=O) groups is 1. The Morgan fingerprint density at radius 3 is 3.00 bits per heavy atom. The predicted molar refractivity (Wildman–Crippen MR) is 67.0 cm³/mol. The average Bonchev–Trinajstić information content (AvgIpc) is 2.81. The van der Waals surface area contributed by atoms with Gasteiger partial charge in [0.25, 0.3) is 5.91 Å². The lowest BCUT2D eigenvalue weighted by Crippen LogP contribution is -2.13. The van der Waals surface area contributed by atoms with E-state index in [9.17, 15) is 9.18 Å². The molecule has 0 atom stereocenters. The summed E-state index contributed by atoms with van der Waals surface area (Å²) in [4.78, 5) is 19.4. The Hall–Kier alpha value is -1.86. The van der Waals surface area contributed by atoms with Gasteiger partial charge in [0.05, 0.1) is 16.9 Å². The molecule has 0 bridgehead atoms. The molecular weight excluding hydrogens is 255 g/mol. The zero-order chi connectivity index (χ0) is 13.0. The fourth-order valence-corrected chi connectivity index (χ4v) is 2.09. The first-order valence-electron chi connectivity index (χ1n) is 5.26. The highest BCUT2D eigenvalue weighted by molar-refractivity contribution is 7.09. The molecule has 1 amide bonds. The molecule has 5 nitrogen and oxygen atoms in total. The Balaban J connectivity index is 2.04. The van der Waals surface area contributed by atoms with Crippen molar-refractivity contribution in [3.63, 3.8) is 0 Å². The summed E-state index contributed by atoms with van der Waals surface area (Å²) in [6.45, 7) is 0.496. The molecule has 3 N–H and O–H groups in total. The van der Waals surface area contributed by atoms with E-state index in [1.54, 1.807) is 5.38 Å². The molecule has 2 rings (SSSR count). The van der Waals surface area contributed by atoms with Crippen LogP contribution in [-0.2, 0) is 6.42 Å². The number of carbonyl (C=O) groups excluding carboxylic acids is 1. The van der Waals surface area contributed by atoms with Crippen molar-refractivity contribution in [3.05, 3.63) is 40.4 Å². The van der Waals surface area contributed by atoms with Crippen molar-refractivity contribution in [1.29, 1.82) is 0 Å². The molecule has 0 spiro atoms. The van der Waals surface area contributed by atoms with Crippen LogP contribution in [0.3, 0.4) is 0 Å². The van der Waals surface area contributed by atoms with E-state index in [4.69, 9.17) is 5.73 Å². The summed E-state index contributed by atoms with van der Waals surface area (Å²) in [5.41, 5.74) is 6.16. The SMILES string of the molecule is NCCc1nc(C(=O)Nc2ccc(F)nc2)cs1. The van der Waals surface area contributed by atoms with Crippen molar-refractivity contribution >= 4 is 22.9 Å². The van der Waals surface area contributed by atoms with Crippen LogP contribution in [0.5, 0.6) is 0 Å². The van der Waals surface area contributed by atoms with E-state index in [0.29, 0.717) is 24.3 Å². The molecule has 2 aromatic rings. The van der Waals surface area contributed by atoms with Gasteiger partial charge in [0.1, 0.15) is 5.69 Å². The standard InChI is InChI=1S/C11H11FN4OS/c12-9-2-1-7(5-14-9)15-11(17)8-6-18-10(16-8)3-4-13/h1-2,5-6H,3-4,13H2,(H,15,17). The molecule has 18 heavy (non-hydrogen) atoms. The topological polar surface area (TPSA) is 80.9 Å². The fourth-order valence-electron chi connectivity index (χ4n) is 1.30. The summed E-state index contributed by atoms with van der Waals surface area (Å²) in [6.07, 6.45) is 1.90. The van der Waals surface area contributed by atoms with Crippen LogP contribution in [0.25, 0.3) is 0 Å². The minimum atomic E-state index is -0.591. The number of aromatic nitrogens is 2. The molecule has 0 fully saturated rings. The smallest absolute Gasteiger partial charge is 0.275 e. The van der Waals surface area contributed by atoms with E-state index in [-0.39, 0.29) is 5.91 Å². The van der Waals surface area contributed by atoms with Crippen molar-refractivity contribution < 1.29 is 9.18 Å². The molecule has 94 valence electrons. The van der Waals surface area contributed by atoms with Gasteiger partial charge in [-0.2, -0.15) is 4.39 Å². The van der Waals surface area contributed by atoms with Gasteiger partial charge in [-0.3, -0.25) is 4.79 Å². The molecule has 2 heterocycles. The van der Waals surface area contributed by atoms with Gasteiger partial charge in [-0.05, 0) is 18.7 Å². The zero-order valence-electron chi connectivity index (χ0n) is 9.39. The van der Waals surface area contributed by atoms with Gasteiger partial charge in [-0.15, -0.1) is 11.3 Å². The molecule has 0 aromatic carbocycles. The highest BCUT2D eigenvalue weighted by Gasteiger charge is 2.10. The molecule has 0 aliphatic heterocycles. The number of rotatable bonds is 4. The first-order chi connectivity index (χ1) is 8.69. The number of hydrogen-bond donors (Lipinski definition) is 2. The fraction of sp³-hybridized carbons (Fsp3) is 0.182. The molecule has 0 saturated carbocycles. The largest absolute Gasteiger partial charge is 0.330 e. The van der Waals surface area contributed by atoms with Gasteiger partial charge < -0.3 is 11.1 Å². The summed E-state index contributed by atoms with van der Waals surface area (Å²) in [5.74, 6) is -0.935. The van der Waals surface area contributed by atoms with Crippen molar-refractivity contribution in [1.82, 2.24) is 9.97 Å². The summed E-state index contributed by atoms with van der Waals surface area (Å²) < 4.78 is 12.6. The molecule has 2 aromatic heterocycles. The summed E-state index contributed by atoms with van der Waals surface area (Å²) >= 11 is 1.39. The maximum atomic E-state index is 12.6. The van der Waals surface area contributed by atoms with Crippen LogP contribution in [0.15, 0.2) is 23.7 Å². The lowest BCUT2D eigenvalue weighted by atomic mass is 10.4. The minimum absolute atomic E-state index is 0.327. The van der Waals surface area contributed by atoms with Crippen molar-refractivity contribution in [2.24, 2.45) is 5.73 Å². The third-order valence-corrected chi connectivity index (χ3v) is 3.04. The Morgan fingerprint density at radius 2 is 2.33 bits per heavy atom. The quantitative estimate of drug-likeness (QED) is 0.820. The van der Waals surface area contributed by atoms with Crippen LogP contribution in [0, 0.1) is 5.95 Å². The number of nitrogens with one attached hydrogen (secondary N) is 1. The average molecular weight is 266 g/mol. The number of nitrogens with two attached hydrogens (primary N) is 1. The summed E-state index contributed by atoms with van der Waals surface area (Å²) in [7, 11) is 0. The second-order valence-corrected chi connectivity index (χ2v) is 4.43. The number of pyridine rings is 1. The van der Waals surface area contributed by atoms with Crippen molar-refractivity contribution in [2.45, 2.75) is 6.42 Å². The second-order valence-electron chi connectivity index (χ2n) is 3.49. The van der Waals surface area contributed by atoms with Crippen LogP contribution >= 0.6 is 11.3 Å². The molecule has 0 aliphatic carbocycles. The van der Waals surface area contributed by atoms with Crippen molar-refractivity contribution in [2.75, 3.05) is 11.9 Å². The number of halogens is 1. The highest BCUT2D eigenvalue weighted by Crippen LogP contribution is 2.12. The molecule has 7 heteroatoms. The third kappa shape index (κ3) is 3.08. The maximum Gasteiger partial charge on any atom is 0.275 e. The second kappa shape index (κ2) is 5.65. The Kier molecular flexibility index (Phi) is 3.96. The van der Waals surface area contributed by atoms with Gasteiger partial charge in [0.15, 0.2) is 0 Å². The van der Waals surface area contributed by atoms with E-state index in [1.807, 2.05) is 0 Å². The maximum absolute atomic E-state index is 12.6. The van der Waals surface area contributed by atoms with E-state index >= 15 is 0 Å². The van der Waals surface area contributed by atoms with Crippen LogP contribution in [0.1, 0.15) is 15.5 Å². The molecular formula is C11H11FN4OS. The van der Waals surface area contributed by atoms with Gasteiger partial charge in [-0.1, -0.05) is 0 Å². The lowest BCUT2D eigenvalue weighted by Gasteiger charge is -2.01. The number of hydrogen-bond acceptors (Lipinski definition) is 5. The zero-order valence-corrected chi connectivity index (χ0v) is 10.2. The first kappa shape index (κ1) is 12.6. The number of amides is 1. The lowest BCUT2D eigenvalue weighted by molar-refractivity contribution is 0.102. The number of thiazole rings is 1. The summed E-state index contributed by atoms with van der Waals surface area (Å²) in [6, 6.07) is 2.61. The Morgan fingerprint density at radius 1 is 1.50 bits per heavy atom. The molecule has 0 radical (unpaired) electrons. The monoisotopic (exact) mass is 266 g/mol. The van der Waals surface area contributed by atoms with Gasteiger partial charge in [-0.25, -0.2) is 9.97 Å². The molecule has 0 saturated heterocycles. The van der Waals surface area contributed by atoms with Crippen LogP contribution in [0.2, 0.25) is 0 Å². The third-order valence-electron chi connectivity index (χ3n) is 2.13. The highest BCUT2D eigenvalue weighted by atomic mass is 32.1. The number of nitrogens with zero attached hydrogens (tertiary/aromatic N) is 2. The van der Waals surface area contributed by atoms with Gasteiger partial charge in [0.2, 0.25) is 5.95 Å². The first-order valence-corrected chi connectivity index (χ1v) is 6.14. The van der Waals surface area contributed by atoms with E-state index < -0.39 is 5.95 Å². The van der Waals surface area contributed by atoms with E-state index in [2.05, 4.69) is 15.3 Å². The molecule has 0 unspecified atom stereocenters. The van der Waals surface area contributed by atoms with Crippen LogP contribution < -0.4 is 11.1 Å². The van der Waals surface area contributed by atoms with E-state index in [1.165, 1.54) is 29.7 Å².